The molecule has 0 spiro atoms. The number of halogens is 2. The van der Waals surface area contributed by atoms with E-state index in [0.29, 0.717) is 5.56 Å². The Labute approximate surface area is 69.2 Å². The minimum atomic E-state index is -0.679. The molecule has 0 aromatic heterocycles. The number of hydrogen-bond acceptors (Lipinski definition) is 1. The summed E-state index contributed by atoms with van der Waals surface area (Å²) in [6, 6.07) is 4.41. The molecule has 1 aromatic rings. The molecule has 1 aromatic carbocycles. The first-order valence-corrected chi connectivity index (χ1v) is 3.78. The van der Waals surface area contributed by atoms with E-state index in [1.165, 1.54) is 12.1 Å². The molecular weight excluding hydrogens is 160 g/mol. The molecule has 0 unspecified atom stereocenters. The van der Waals surface area contributed by atoms with Crippen molar-refractivity contribution in [2.45, 2.75) is 18.4 Å². The molecule has 0 amide bonds. The molecule has 0 aliphatic heterocycles. The van der Waals surface area contributed by atoms with Crippen LogP contribution in [-0.2, 0) is 5.54 Å². The van der Waals surface area contributed by atoms with E-state index in [-0.39, 0.29) is 0 Å². The van der Waals surface area contributed by atoms with Crippen LogP contribution in [0.25, 0.3) is 0 Å². The Hall–Kier alpha value is -0.960. The molecule has 1 fully saturated rings. The van der Waals surface area contributed by atoms with Gasteiger partial charge < -0.3 is 5.73 Å². The van der Waals surface area contributed by atoms with Crippen LogP contribution in [0, 0.1) is 17.7 Å². The highest BCUT2D eigenvalue weighted by Gasteiger charge is 2.40. The summed E-state index contributed by atoms with van der Waals surface area (Å²) in [5.74, 6) is -1.36. The van der Waals surface area contributed by atoms with Gasteiger partial charge in [-0.2, -0.15) is 0 Å². The third-order valence-electron chi connectivity index (χ3n) is 2.17. The van der Waals surface area contributed by atoms with Crippen LogP contribution in [0.3, 0.4) is 0 Å². The normalized spacial score (nSPS) is 19.2. The molecule has 1 saturated carbocycles. The van der Waals surface area contributed by atoms with Crippen molar-refractivity contribution >= 4 is 0 Å². The number of hydrogen-bond donors (Lipinski definition) is 1. The highest BCUT2D eigenvalue weighted by Crippen LogP contribution is 2.42. The lowest BCUT2D eigenvalue weighted by molar-refractivity contribution is 0.568. The third kappa shape index (κ3) is 1.20. The quantitative estimate of drug-likeness (QED) is 0.678. The van der Waals surface area contributed by atoms with Gasteiger partial charge in [0, 0.05) is 5.54 Å². The molecule has 12 heavy (non-hydrogen) atoms. The van der Waals surface area contributed by atoms with Gasteiger partial charge in [-0.05, 0) is 30.5 Å². The first kappa shape index (κ1) is 7.68. The van der Waals surface area contributed by atoms with Crippen LogP contribution in [0.15, 0.2) is 12.1 Å². The van der Waals surface area contributed by atoms with Gasteiger partial charge in [-0.25, -0.2) is 8.78 Å². The maximum atomic E-state index is 12.6. The molecule has 0 bridgehead atoms. The summed E-state index contributed by atoms with van der Waals surface area (Å²) in [7, 11) is 0. The third-order valence-corrected chi connectivity index (χ3v) is 2.17. The van der Waals surface area contributed by atoms with Crippen molar-refractivity contribution in [3.63, 3.8) is 0 Å². The first-order chi connectivity index (χ1) is 5.60. The zero-order valence-corrected chi connectivity index (χ0v) is 6.40. The maximum absolute atomic E-state index is 12.6. The summed E-state index contributed by atoms with van der Waals surface area (Å²) in [6.07, 6.45) is 1.60. The summed E-state index contributed by atoms with van der Waals surface area (Å²) in [5.41, 5.74) is 5.82. The van der Waals surface area contributed by atoms with E-state index < -0.39 is 17.2 Å². The van der Waals surface area contributed by atoms with Gasteiger partial charge in [0.15, 0.2) is 0 Å². The summed E-state index contributed by atoms with van der Waals surface area (Å²) >= 11 is 0. The molecule has 2 N–H and O–H groups in total. The van der Waals surface area contributed by atoms with Crippen molar-refractivity contribution in [3.05, 3.63) is 35.4 Å². The Morgan fingerprint density at radius 2 is 1.75 bits per heavy atom. The molecular formula is C9H8F2N. The molecule has 0 heterocycles. The number of benzene rings is 1. The van der Waals surface area contributed by atoms with Gasteiger partial charge in [-0.3, -0.25) is 0 Å². The molecule has 1 radical (unpaired) electrons. The van der Waals surface area contributed by atoms with Crippen LogP contribution in [0.5, 0.6) is 0 Å². The first-order valence-electron chi connectivity index (χ1n) is 3.78. The van der Waals surface area contributed by atoms with Crippen molar-refractivity contribution < 1.29 is 8.78 Å². The molecule has 63 valence electrons. The highest BCUT2D eigenvalue weighted by molar-refractivity contribution is 5.29. The van der Waals surface area contributed by atoms with Crippen molar-refractivity contribution in [3.8, 4) is 0 Å². The van der Waals surface area contributed by atoms with Crippen LogP contribution in [-0.4, -0.2) is 0 Å². The Balaban J connectivity index is 2.44. The number of rotatable bonds is 1. The number of nitrogens with two attached hydrogens (primary N) is 1. The average Bonchev–Trinajstić information content (AvgIpc) is 2.67. The lowest BCUT2D eigenvalue weighted by Crippen LogP contribution is -2.19. The van der Waals surface area contributed by atoms with Crippen LogP contribution < -0.4 is 5.73 Å². The maximum Gasteiger partial charge on any atom is 0.134 e. The molecule has 0 saturated heterocycles. The monoisotopic (exact) mass is 168 g/mol. The Bertz CT molecular complexity index is 298. The summed E-state index contributed by atoms with van der Waals surface area (Å²) in [4.78, 5) is 0. The molecule has 1 aliphatic carbocycles. The zero-order chi connectivity index (χ0) is 8.77. The smallest absolute Gasteiger partial charge is 0.134 e. The lowest BCUT2D eigenvalue weighted by atomic mass is 10.1. The van der Waals surface area contributed by atoms with Crippen LogP contribution in [0.1, 0.15) is 18.4 Å². The predicted octanol–water partition coefficient (Wildman–Crippen LogP) is 1.71. The zero-order valence-electron chi connectivity index (χ0n) is 6.40. The standard InChI is InChI=1S/C9H8F2N/c10-7-3-6(4-8(11)5-7)9(12)1-2-9/h3-4H,1-2,12H2. The van der Waals surface area contributed by atoms with Crippen molar-refractivity contribution in [2.75, 3.05) is 0 Å². The molecule has 1 aliphatic rings. The van der Waals surface area contributed by atoms with Gasteiger partial charge in [0.05, 0.1) is 6.07 Å². The SMILES string of the molecule is NC1(c2cc(F)[c]c(F)c2)CC1. The fourth-order valence-electron chi connectivity index (χ4n) is 1.21. The molecule has 2 rings (SSSR count). The van der Waals surface area contributed by atoms with E-state index in [9.17, 15) is 8.78 Å². The van der Waals surface area contributed by atoms with Crippen LogP contribution in [0.2, 0.25) is 0 Å². The summed E-state index contributed by atoms with van der Waals surface area (Å²) in [6.45, 7) is 0. The van der Waals surface area contributed by atoms with Crippen molar-refractivity contribution in [2.24, 2.45) is 5.73 Å². The van der Waals surface area contributed by atoms with E-state index in [1.807, 2.05) is 6.07 Å². The lowest BCUT2D eigenvalue weighted by Gasteiger charge is -2.08. The van der Waals surface area contributed by atoms with E-state index in [2.05, 4.69) is 0 Å². The topological polar surface area (TPSA) is 26.0 Å². The van der Waals surface area contributed by atoms with E-state index in [0.717, 1.165) is 12.8 Å². The van der Waals surface area contributed by atoms with Crippen LogP contribution in [0.4, 0.5) is 8.78 Å². The highest BCUT2D eigenvalue weighted by atomic mass is 19.1. The Morgan fingerprint density at radius 1 is 1.25 bits per heavy atom. The van der Waals surface area contributed by atoms with Crippen LogP contribution >= 0.6 is 0 Å². The predicted molar refractivity (Wildman–Crippen MR) is 40.3 cm³/mol. The minimum absolute atomic E-state index is 0.475. The largest absolute Gasteiger partial charge is 0.321 e. The average molecular weight is 168 g/mol. The van der Waals surface area contributed by atoms with Gasteiger partial charge >= 0.3 is 0 Å². The second kappa shape index (κ2) is 2.26. The Morgan fingerprint density at radius 3 is 2.17 bits per heavy atom. The second-order valence-electron chi connectivity index (χ2n) is 3.22. The summed E-state index contributed by atoms with van der Waals surface area (Å²) < 4.78 is 25.3. The van der Waals surface area contributed by atoms with E-state index in [4.69, 9.17) is 5.73 Å². The fourth-order valence-corrected chi connectivity index (χ4v) is 1.21. The fraction of sp³-hybridized carbons (Fsp3) is 0.333. The molecule has 0 atom stereocenters. The minimum Gasteiger partial charge on any atom is -0.321 e. The summed E-state index contributed by atoms with van der Waals surface area (Å²) in [5, 5.41) is 0. The van der Waals surface area contributed by atoms with Gasteiger partial charge in [0.1, 0.15) is 11.6 Å². The van der Waals surface area contributed by atoms with Gasteiger partial charge in [0.25, 0.3) is 0 Å². The van der Waals surface area contributed by atoms with Gasteiger partial charge in [-0.15, -0.1) is 0 Å². The molecule has 1 nitrogen and oxygen atoms in total. The van der Waals surface area contributed by atoms with Gasteiger partial charge in [-0.1, -0.05) is 0 Å². The van der Waals surface area contributed by atoms with Crippen molar-refractivity contribution in [1.29, 1.82) is 0 Å². The van der Waals surface area contributed by atoms with Crippen molar-refractivity contribution in [1.82, 2.24) is 0 Å². The Kier molecular flexibility index (Phi) is 1.45. The molecule has 3 heteroatoms. The second-order valence-corrected chi connectivity index (χ2v) is 3.22. The van der Waals surface area contributed by atoms with Gasteiger partial charge in [0.2, 0.25) is 0 Å². The van der Waals surface area contributed by atoms with E-state index in [1.54, 1.807) is 0 Å². The van der Waals surface area contributed by atoms with E-state index >= 15 is 0 Å².